The minimum absolute atomic E-state index is 0.0423. The minimum Gasteiger partial charge on any atom is -0.360 e. The summed E-state index contributed by atoms with van der Waals surface area (Å²) in [7, 11) is 0.801. The van der Waals surface area contributed by atoms with Gasteiger partial charge in [-0.05, 0) is 81.6 Å². The largest absolute Gasteiger partial charge is 0.360 e. The number of halogens is 1. The number of rotatable bonds is 8. The summed E-state index contributed by atoms with van der Waals surface area (Å²) >= 11 is 6.13. The number of carbonyl (C=O) groups is 2. The van der Waals surface area contributed by atoms with Gasteiger partial charge in [-0.25, -0.2) is 8.42 Å². The molecule has 1 aliphatic heterocycles. The summed E-state index contributed by atoms with van der Waals surface area (Å²) in [5.41, 5.74) is 3.06. The number of aromatic amines is 1. The minimum atomic E-state index is -3.34. The number of amides is 2. The first-order valence-electron chi connectivity index (χ1n) is 12.9. The molecule has 1 aromatic heterocycles. The highest BCUT2D eigenvalue weighted by atomic mass is 35.5. The van der Waals surface area contributed by atoms with Gasteiger partial charge in [-0.1, -0.05) is 29.8 Å². The Kier molecular flexibility index (Phi) is 7.28. The van der Waals surface area contributed by atoms with E-state index in [2.05, 4.69) is 34.6 Å². The summed E-state index contributed by atoms with van der Waals surface area (Å²) in [4.78, 5) is 31.4. The molecule has 2 atom stereocenters. The van der Waals surface area contributed by atoms with Crippen LogP contribution in [0.4, 0.5) is 0 Å². The molecule has 2 fully saturated rings. The molecular formula is C28H33ClN4O4S. The number of fused-ring (bicyclic) bond motifs is 1. The van der Waals surface area contributed by atoms with Crippen LogP contribution >= 0.6 is 11.6 Å². The van der Waals surface area contributed by atoms with Crippen molar-refractivity contribution in [2.45, 2.75) is 43.2 Å². The van der Waals surface area contributed by atoms with E-state index in [1.54, 1.807) is 24.4 Å². The molecule has 38 heavy (non-hydrogen) atoms. The van der Waals surface area contributed by atoms with E-state index >= 15 is 0 Å². The van der Waals surface area contributed by atoms with Crippen molar-refractivity contribution in [1.82, 2.24) is 20.5 Å². The van der Waals surface area contributed by atoms with Crippen LogP contribution in [0.25, 0.3) is 10.9 Å². The molecular weight excluding hydrogens is 524 g/mol. The van der Waals surface area contributed by atoms with E-state index in [1.165, 1.54) is 5.56 Å². The lowest BCUT2D eigenvalue weighted by atomic mass is 9.91. The number of carbonyl (C=O) groups excluding carboxylic acids is 2. The second-order valence-corrected chi connectivity index (χ2v) is 13.5. The number of sulfone groups is 1. The van der Waals surface area contributed by atoms with E-state index in [9.17, 15) is 18.0 Å². The molecule has 10 heteroatoms. The summed E-state index contributed by atoms with van der Waals surface area (Å²) in [5.74, 6) is -0.948. The first kappa shape index (κ1) is 26.7. The molecule has 1 aliphatic carbocycles. The topological polar surface area (TPSA) is 111 Å². The number of benzene rings is 2. The Morgan fingerprint density at radius 1 is 1.03 bits per heavy atom. The molecule has 3 aromatic rings. The molecule has 2 aromatic carbocycles. The number of nitrogens with zero attached hydrogens (tertiary/aromatic N) is 1. The lowest BCUT2D eigenvalue weighted by Crippen LogP contribution is -2.58. The molecule has 202 valence electrons. The monoisotopic (exact) mass is 556 g/mol. The molecule has 0 radical (unpaired) electrons. The quantitative estimate of drug-likeness (QED) is 0.393. The highest BCUT2D eigenvalue weighted by Crippen LogP contribution is 2.51. The predicted molar refractivity (Wildman–Crippen MR) is 150 cm³/mol. The zero-order valence-corrected chi connectivity index (χ0v) is 23.2. The van der Waals surface area contributed by atoms with Crippen molar-refractivity contribution in [3.05, 3.63) is 70.4 Å². The maximum Gasteiger partial charge on any atom is 0.251 e. The molecule has 0 bridgehead atoms. The molecule has 3 N–H and O–H groups in total. The van der Waals surface area contributed by atoms with Crippen LogP contribution < -0.4 is 10.6 Å². The fourth-order valence-electron chi connectivity index (χ4n) is 5.28. The molecule has 1 saturated carbocycles. The van der Waals surface area contributed by atoms with Crippen LogP contribution in [0.15, 0.2) is 48.7 Å². The van der Waals surface area contributed by atoms with Crippen LogP contribution in [0, 0.1) is 0 Å². The Bertz CT molecular complexity index is 1460. The summed E-state index contributed by atoms with van der Waals surface area (Å²) < 4.78 is 24.8. The van der Waals surface area contributed by atoms with Crippen LogP contribution in [0.2, 0.25) is 5.02 Å². The molecule has 2 unspecified atom stereocenters. The van der Waals surface area contributed by atoms with E-state index in [0.717, 1.165) is 36.7 Å². The second kappa shape index (κ2) is 10.4. The number of hydrogen-bond donors (Lipinski definition) is 3. The molecule has 2 amide bonds. The SMILES string of the molecule is CN(C)CCC1(c2ccc(C(=O)NC3CS(=O)(=O)CCC3NC(=O)c3ccc4c(Cl)c[nH]c4c3)cc2)CC1. The van der Waals surface area contributed by atoms with Crippen LogP contribution in [0.3, 0.4) is 0 Å². The van der Waals surface area contributed by atoms with Gasteiger partial charge in [-0.3, -0.25) is 9.59 Å². The van der Waals surface area contributed by atoms with Crippen molar-refractivity contribution in [2.75, 3.05) is 32.1 Å². The smallest absolute Gasteiger partial charge is 0.251 e. The van der Waals surface area contributed by atoms with Gasteiger partial charge in [0.25, 0.3) is 11.8 Å². The zero-order valence-electron chi connectivity index (χ0n) is 21.6. The third-order valence-corrected chi connectivity index (χ3v) is 9.87. The Hall–Kier alpha value is -2.88. The highest BCUT2D eigenvalue weighted by Gasteiger charge is 2.43. The lowest BCUT2D eigenvalue weighted by Gasteiger charge is -2.32. The Labute approximate surface area is 228 Å². The zero-order chi connectivity index (χ0) is 27.1. The van der Waals surface area contributed by atoms with E-state index in [-0.39, 0.29) is 35.2 Å². The third-order valence-electron chi connectivity index (χ3n) is 7.84. The number of aromatic nitrogens is 1. The van der Waals surface area contributed by atoms with Crippen molar-refractivity contribution in [3.63, 3.8) is 0 Å². The van der Waals surface area contributed by atoms with Gasteiger partial charge in [0.15, 0.2) is 9.84 Å². The molecule has 1 saturated heterocycles. The Morgan fingerprint density at radius 3 is 2.37 bits per heavy atom. The van der Waals surface area contributed by atoms with Gasteiger partial charge in [-0.2, -0.15) is 0 Å². The van der Waals surface area contributed by atoms with Gasteiger partial charge < -0.3 is 20.5 Å². The standard InChI is InChI=1S/C28H33ClN4O4S/c1-33(2)13-12-28(10-11-28)20-6-3-18(4-7-20)26(34)32-25-17-38(36,37)14-9-23(25)31-27(35)19-5-8-21-22(29)16-30-24(21)15-19/h3-8,15-16,23,25,30H,9-14,17H2,1-2H3,(H,31,35)(H,32,34). The maximum absolute atomic E-state index is 13.1. The van der Waals surface area contributed by atoms with Crippen LogP contribution in [-0.4, -0.2) is 74.3 Å². The van der Waals surface area contributed by atoms with E-state index in [0.29, 0.717) is 16.1 Å². The van der Waals surface area contributed by atoms with Crippen LogP contribution in [0.1, 0.15) is 52.0 Å². The van der Waals surface area contributed by atoms with Crippen molar-refractivity contribution >= 4 is 44.2 Å². The summed E-state index contributed by atoms with van der Waals surface area (Å²) in [5, 5.41) is 7.21. The molecule has 0 spiro atoms. The number of H-pyrrole nitrogens is 1. The fourth-order valence-corrected chi connectivity index (χ4v) is 7.14. The molecule has 2 aliphatic rings. The van der Waals surface area contributed by atoms with Gasteiger partial charge >= 0.3 is 0 Å². The summed E-state index contributed by atoms with van der Waals surface area (Å²) in [6.45, 7) is 1.01. The first-order valence-corrected chi connectivity index (χ1v) is 15.1. The van der Waals surface area contributed by atoms with Crippen molar-refractivity contribution in [2.24, 2.45) is 0 Å². The average molecular weight is 557 g/mol. The molecule has 2 heterocycles. The third kappa shape index (κ3) is 5.75. The summed E-state index contributed by atoms with van der Waals surface area (Å²) in [6.07, 6.45) is 5.26. The van der Waals surface area contributed by atoms with Gasteiger partial charge in [0.1, 0.15) is 0 Å². The normalized spacial score (nSPS) is 21.8. The van der Waals surface area contributed by atoms with Gasteiger partial charge in [0, 0.05) is 28.2 Å². The Balaban J connectivity index is 1.27. The average Bonchev–Trinajstić information content (AvgIpc) is 3.60. The van der Waals surface area contributed by atoms with Crippen molar-refractivity contribution in [1.29, 1.82) is 0 Å². The molecule has 8 nitrogen and oxygen atoms in total. The van der Waals surface area contributed by atoms with Crippen LogP contribution in [-0.2, 0) is 15.3 Å². The second-order valence-electron chi connectivity index (χ2n) is 10.9. The van der Waals surface area contributed by atoms with Gasteiger partial charge in [-0.15, -0.1) is 0 Å². The number of nitrogens with one attached hydrogen (secondary N) is 3. The van der Waals surface area contributed by atoms with E-state index < -0.39 is 21.9 Å². The lowest BCUT2D eigenvalue weighted by molar-refractivity contribution is 0.0885. The van der Waals surface area contributed by atoms with Crippen molar-refractivity contribution in [3.8, 4) is 0 Å². The van der Waals surface area contributed by atoms with Gasteiger partial charge in [0.05, 0.1) is 28.6 Å². The fraction of sp³-hybridized carbons (Fsp3) is 0.429. The highest BCUT2D eigenvalue weighted by molar-refractivity contribution is 7.91. The molecule has 5 rings (SSSR count). The number of hydrogen-bond acceptors (Lipinski definition) is 5. The maximum atomic E-state index is 13.1. The summed E-state index contributed by atoms with van der Waals surface area (Å²) in [6, 6.07) is 11.5. The first-order chi connectivity index (χ1) is 18.1. The van der Waals surface area contributed by atoms with Crippen molar-refractivity contribution < 1.29 is 18.0 Å². The van der Waals surface area contributed by atoms with E-state index in [4.69, 9.17) is 11.6 Å². The van der Waals surface area contributed by atoms with Gasteiger partial charge in [0.2, 0.25) is 0 Å². The van der Waals surface area contributed by atoms with E-state index in [1.807, 2.05) is 24.3 Å². The van der Waals surface area contributed by atoms with Crippen LogP contribution in [0.5, 0.6) is 0 Å². The predicted octanol–water partition coefficient (Wildman–Crippen LogP) is 3.52. The Morgan fingerprint density at radius 2 is 1.68 bits per heavy atom.